The summed E-state index contributed by atoms with van der Waals surface area (Å²) in [5.41, 5.74) is 0. The summed E-state index contributed by atoms with van der Waals surface area (Å²) in [6, 6.07) is 6.89. The number of nitro groups is 1. The Morgan fingerprint density at radius 1 is 1.39 bits per heavy atom. The van der Waals surface area contributed by atoms with E-state index in [0.29, 0.717) is 4.47 Å². The van der Waals surface area contributed by atoms with Gasteiger partial charge in [-0.3, -0.25) is 10.1 Å². The van der Waals surface area contributed by atoms with Crippen LogP contribution in [0, 0.1) is 15.9 Å². The van der Waals surface area contributed by atoms with Gasteiger partial charge in [-0.05, 0) is 24.3 Å². The SMILES string of the molecule is O=[N+]([O-])c1ccc(COc2cc(Br)ccc2F)o1. The van der Waals surface area contributed by atoms with Crippen molar-refractivity contribution in [1.29, 1.82) is 0 Å². The Morgan fingerprint density at radius 3 is 2.83 bits per heavy atom. The number of furan rings is 1. The molecule has 7 heteroatoms. The highest BCUT2D eigenvalue weighted by molar-refractivity contribution is 9.10. The Kier molecular flexibility index (Phi) is 3.61. The molecule has 0 atom stereocenters. The molecule has 0 aliphatic carbocycles. The van der Waals surface area contributed by atoms with Crippen LogP contribution in [0.1, 0.15) is 5.76 Å². The van der Waals surface area contributed by atoms with E-state index in [1.54, 1.807) is 6.07 Å². The van der Waals surface area contributed by atoms with Crippen LogP contribution in [0.4, 0.5) is 10.3 Å². The fourth-order valence-electron chi connectivity index (χ4n) is 1.28. The van der Waals surface area contributed by atoms with Crippen LogP contribution in [0.2, 0.25) is 0 Å². The number of rotatable bonds is 4. The standard InChI is InChI=1S/C11H7BrFNO4/c12-7-1-3-9(13)10(5-7)17-6-8-2-4-11(18-8)14(15)16/h1-5H,6H2. The zero-order chi connectivity index (χ0) is 13.1. The first-order valence-electron chi connectivity index (χ1n) is 4.87. The number of hydrogen-bond donors (Lipinski definition) is 0. The molecular formula is C11H7BrFNO4. The van der Waals surface area contributed by atoms with E-state index in [9.17, 15) is 14.5 Å². The third-order valence-electron chi connectivity index (χ3n) is 2.09. The summed E-state index contributed by atoms with van der Waals surface area (Å²) in [6.07, 6.45) is 0. The average Bonchev–Trinajstić information content (AvgIpc) is 2.79. The molecular weight excluding hydrogens is 309 g/mol. The van der Waals surface area contributed by atoms with E-state index in [2.05, 4.69) is 15.9 Å². The van der Waals surface area contributed by atoms with E-state index in [1.165, 1.54) is 24.3 Å². The summed E-state index contributed by atoms with van der Waals surface area (Å²) in [5.74, 6) is -0.591. The lowest BCUT2D eigenvalue weighted by Crippen LogP contribution is -1.96. The Hall–Kier alpha value is -1.89. The zero-order valence-corrected chi connectivity index (χ0v) is 10.5. The van der Waals surface area contributed by atoms with E-state index in [1.807, 2.05) is 0 Å². The largest absolute Gasteiger partial charge is 0.483 e. The number of ether oxygens (including phenoxy) is 1. The van der Waals surface area contributed by atoms with Gasteiger partial charge in [0.15, 0.2) is 11.6 Å². The molecule has 5 nitrogen and oxygen atoms in total. The first-order chi connectivity index (χ1) is 8.56. The summed E-state index contributed by atoms with van der Waals surface area (Å²) in [7, 11) is 0. The fraction of sp³-hybridized carbons (Fsp3) is 0.0909. The van der Waals surface area contributed by atoms with Crippen molar-refractivity contribution in [2.45, 2.75) is 6.61 Å². The van der Waals surface area contributed by atoms with Crippen LogP contribution >= 0.6 is 15.9 Å². The highest BCUT2D eigenvalue weighted by Gasteiger charge is 2.12. The topological polar surface area (TPSA) is 65.5 Å². The molecule has 0 aliphatic rings. The highest BCUT2D eigenvalue weighted by atomic mass is 79.9. The molecule has 0 spiro atoms. The summed E-state index contributed by atoms with van der Waals surface area (Å²) >= 11 is 3.19. The van der Waals surface area contributed by atoms with Gasteiger partial charge < -0.3 is 9.15 Å². The summed E-state index contributed by atoms with van der Waals surface area (Å²) in [4.78, 5) is 9.74. The van der Waals surface area contributed by atoms with Gasteiger partial charge in [-0.1, -0.05) is 15.9 Å². The number of halogens is 2. The van der Waals surface area contributed by atoms with Gasteiger partial charge in [0.05, 0.1) is 6.07 Å². The molecule has 0 saturated carbocycles. The lowest BCUT2D eigenvalue weighted by Gasteiger charge is -2.05. The Bertz CT molecular complexity index is 584. The summed E-state index contributed by atoms with van der Waals surface area (Å²) in [6.45, 7) is -0.0821. The van der Waals surface area contributed by atoms with E-state index in [0.717, 1.165) is 0 Å². The van der Waals surface area contributed by atoms with E-state index < -0.39 is 10.7 Å². The normalized spacial score (nSPS) is 10.3. The smallest absolute Gasteiger partial charge is 0.433 e. The third-order valence-corrected chi connectivity index (χ3v) is 2.58. The molecule has 2 aromatic rings. The van der Waals surface area contributed by atoms with Gasteiger partial charge >= 0.3 is 5.88 Å². The van der Waals surface area contributed by atoms with Crippen molar-refractivity contribution in [2.24, 2.45) is 0 Å². The molecule has 94 valence electrons. The monoisotopic (exact) mass is 315 g/mol. The van der Waals surface area contributed by atoms with Gasteiger partial charge in [-0.2, -0.15) is 0 Å². The second-order valence-electron chi connectivity index (χ2n) is 3.36. The van der Waals surface area contributed by atoms with Crippen molar-refractivity contribution in [3.8, 4) is 5.75 Å². The van der Waals surface area contributed by atoms with Crippen molar-refractivity contribution in [1.82, 2.24) is 0 Å². The predicted octanol–water partition coefficient (Wildman–Crippen LogP) is 3.67. The lowest BCUT2D eigenvalue weighted by molar-refractivity contribution is -0.402. The van der Waals surface area contributed by atoms with Gasteiger partial charge in [0, 0.05) is 4.47 Å². The predicted molar refractivity (Wildman–Crippen MR) is 63.8 cm³/mol. The molecule has 0 radical (unpaired) electrons. The Labute approximate surface area is 109 Å². The van der Waals surface area contributed by atoms with E-state index in [4.69, 9.17) is 9.15 Å². The van der Waals surface area contributed by atoms with Crippen LogP contribution in [-0.4, -0.2) is 4.92 Å². The van der Waals surface area contributed by atoms with Crippen LogP contribution in [-0.2, 0) is 6.61 Å². The molecule has 0 bridgehead atoms. The van der Waals surface area contributed by atoms with Crippen LogP contribution in [0.15, 0.2) is 39.2 Å². The molecule has 18 heavy (non-hydrogen) atoms. The van der Waals surface area contributed by atoms with Gasteiger partial charge in [-0.25, -0.2) is 4.39 Å². The summed E-state index contributed by atoms with van der Waals surface area (Å²) < 4.78 is 24.0. The second kappa shape index (κ2) is 5.18. The van der Waals surface area contributed by atoms with Crippen molar-refractivity contribution >= 4 is 21.8 Å². The van der Waals surface area contributed by atoms with Crippen LogP contribution in [0.3, 0.4) is 0 Å². The number of nitrogens with zero attached hydrogens (tertiary/aromatic N) is 1. The Balaban J connectivity index is 2.06. The van der Waals surface area contributed by atoms with E-state index >= 15 is 0 Å². The van der Waals surface area contributed by atoms with Crippen LogP contribution in [0.25, 0.3) is 0 Å². The zero-order valence-electron chi connectivity index (χ0n) is 8.93. The number of benzene rings is 1. The van der Waals surface area contributed by atoms with Crippen molar-refractivity contribution in [3.63, 3.8) is 0 Å². The minimum atomic E-state index is -0.650. The van der Waals surface area contributed by atoms with Crippen LogP contribution < -0.4 is 4.74 Å². The van der Waals surface area contributed by atoms with Gasteiger partial charge in [0.1, 0.15) is 17.3 Å². The molecule has 2 rings (SSSR count). The maximum atomic E-state index is 13.3. The lowest BCUT2D eigenvalue weighted by atomic mass is 10.3. The molecule has 0 unspecified atom stereocenters. The molecule has 1 aromatic carbocycles. The molecule has 0 aliphatic heterocycles. The molecule has 0 N–H and O–H groups in total. The van der Waals surface area contributed by atoms with E-state index in [-0.39, 0.29) is 24.0 Å². The van der Waals surface area contributed by atoms with Crippen molar-refractivity contribution < 1.29 is 18.5 Å². The Morgan fingerprint density at radius 2 is 2.17 bits per heavy atom. The first kappa shape index (κ1) is 12.6. The van der Waals surface area contributed by atoms with Gasteiger partial charge in [0.2, 0.25) is 0 Å². The minimum Gasteiger partial charge on any atom is -0.483 e. The molecule has 1 heterocycles. The fourth-order valence-corrected chi connectivity index (χ4v) is 1.62. The third kappa shape index (κ3) is 2.86. The van der Waals surface area contributed by atoms with Crippen LogP contribution in [0.5, 0.6) is 5.75 Å². The highest BCUT2D eigenvalue weighted by Crippen LogP contribution is 2.24. The maximum Gasteiger partial charge on any atom is 0.433 e. The molecule has 1 aromatic heterocycles. The quantitative estimate of drug-likeness (QED) is 0.637. The van der Waals surface area contributed by atoms with Crippen molar-refractivity contribution in [2.75, 3.05) is 0 Å². The minimum absolute atomic E-state index is 0.0448. The van der Waals surface area contributed by atoms with Gasteiger partial charge in [-0.15, -0.1) is 0 Å². The maximum absolute atomic E-state index is 13.3. The van der Waals surface area contributed by atoms with Gasteiger partial charge in [0.25, 0.3) is 0 Å². The number of hydrogen-bond acceptors (Lipinski definition) is 4. The first-order valence-corrected chi connectivity index (χ1v) is 5.66. The summed E-state index contributed by atoms with van der Waals surface area (Å²) in [5, 5.41) is 10.4. The second-order valence-corrected chi connectivity index (χ2v) is 4.28. The average molecular weight is 316 g/mol. The molecule has 0 saturated heterocycles. The molecule has 0 amide bonds. The van der Waals surface area contributed by atoms with Crippen molar-refractivity contribution in [3.05, 3.63) is 56.5 Å². The molecule has 0 fully saturated rings.